The molecule has 0 spiro atoms. The first kappa shape index (κ1) is 21.1. The van der Waals surface area contributed by atoms with Gasteiger partial charge >= 0.3 is 0 Å². The minimum Gasteiger partial charge on any atom is -0.351 e. The monoisotopic (exact) mass is 437 g/mol. The molecule has 8 heteroatoms. The summed E-state index contributed by atoms with van der Waals surface area (Å²) in [5.74, 6) is 0.107. The van der Waals surface area contributed by atoms with Gasteiger partial charge < -0.3 is 15.1 Å². The van der Waals surface area contributed by atoms with Crippen molar-refractivity contribution in [2.24, 2.45) is 11.8 Å². The Morgan fingerprint density at radius 1 is 1.09 bits per heavy atom. The molecule has 1 N–H and O–H groups in total. The predicted octanol–water partition coefficient (Wildman–Crippen LogP) is 1.93. The SMILES string of the molecule is O=C(NCC1=CCCCC1)[C@H]1[C@@H]2C[C@@H](CN(C(=O)c3ccnnc3)C2)[C@@H]2CCCC(=O)N21. The van der Waals surface area contributed by atoms with Crippen molar-refractivity contribution in [3.8, 4) is 0 Å². The lowest BCUT2D eigenvalue weighted by Gasteiger charge is -2.55. The molecule has 3 saturated heterocycles. The predicted molar refractivity (Wildman–Crippen MR) is 117 cm³/mol. The van der Waals surface area contributed by atoms with Gasteiger partial charge in [-0.2, -0.15) is 10.2 Å². The summed E-state index contributed by atoms with van der Waals surface area (Å²) >= 11 is 0. The molecule has 3 amide bonds. The van der Waals surface area contributed by atoms with Gasteiger partial charge in [-0.3, -0.25) is 14.4 Å². The molecule has 0 saturated carbocycles. The first-order chi connectivity index (χ1) is 15.6. The van der Waals surface area contributed by atoms with Crippen molar-refractivity contribution < 1.29 is 14.4 Å². The Labute approximate surface area is 188 Å². The van der Waals surface area contributed by atoms with Crippen molar-refractivity contribution in [3.05, 3.63) is 35.7 Å². The normalized spacial score (nSPS) is 29.8. The van der Waals surface area contributed by atoms with Crippen molar-refractivity contribution in [2.45, 2.75) is 63.5 Å². The highest BCUT2D eigenvalue weighted by atomic mass is 16.2. The van der Waals surface area contributed by atoms with Crippen LogP contribution in [0.4, 0.5) is 0 Å². The maximum absolute atomic E-state index is 13.4. The Balaban J connectivity index is 1.37. The first-order valence-corrected chi connectivity index (χ1v) is 11.9. The Morgan fingerprint density at radius 2 is 1.97 bits per heavy atom. The van der Waals surface area contributed by atoms with Gasteiger partial charge in [0.15, 0.2) is 0 Å². The number of likely N-dealkylation sites (tertiary alicyclic amines) is 1. The number of rotatable bonds is 4. The number of hydrogen-bond donors (Lipinski definition) is 1. The second-order valence-corrected chi connectivity index (χ2v) is 9.63. The molecule has 4 aliphatic rings. The van der Waals surface area contributed by atoms with E-state index in [1.54, 1.807) is 6.07 Å². The number of nitrogens with zero attached hydrogens (tertiary/aromatic N) is 4. The van der Waals surface area contributed by atoms with E-state index in [0.717, 1.165) is 32.1 Å². The topological polar surface area (TPSA) is 95.5 Å². The van der Waals surface area contributed by atoms with E-state index in [1.807, 2.05) is 9.80 Å². The standard InChI is InChI=1S/C24H31N5O3/c30-21-8-4-7-20-18-11-19(15-28(14-18)24(32)17-9-10-26-27-13-17)22(29(20)21)23(31)25-12-16-5-2-1-3-6-16/h5,9-10,13,18-20,22H,1-4,6-8,11-12,14-15H2,(H,25,31)/t18-,19+,20-,22+/m0/s1. The fourth-order valence-electron chi connectivity index (χ4n) is 6.13. The van der Waals surface area contributed by atoms with E-state index < -0.39 is 6.04 Å². The van der Waals surface area contributed by atoms with E-state index in [2.05, 4.69) is 21.6 Å². The van der Waals surface area contributed by atoms with E-state index in [9.17, 15) is 14.4 Å². The van der Waals surface area contributed by atoms with E-state index in [-0.39, 0.29) is 35.6 Å². The average Bonchev–Trinajstić information content (AvgIpc) is 2.84. The van der Waals surface area contributed by atoms with Gasteiger partial charge in [-0.05, 0) is 56.9 Å². The fraction of sp³-hybridized carbons (Fsp3) is 0.625. The Hall–Kier alpha value is -2.77. The third kappa shape index (κ3) is 4.02. The number of carbonyl (C=O) groups is 3. The smallest absolute Gasteiger partial charge is 0.255 e. The number of nitrogens with one attached hydrogen (secondary N) is 1. The van der Waals surface area contributed by atoms with Crippen LogP contribution in [-0.2, 0) is 9.59 Å². The summed E-state index contributed by atoms with van der Waals surface area (Å²) in [6, 6.07) is 1.21. The lowest BCUT2D eigenvalue weighted by atomic mass is 9.71. The number of piperidine rings is 3. The molecule has 3 aliphatic heterocycles. The van der Waals surface area contributed by atoms with Crippen LogP contribution in [0.5, 0.6) is 0 Å². The highest BCUT2D eigenvalue weighted by Gasteiger charge is 2.52. The molecule has 8 nitrogen and oxygen atoms in total. The van der Waals surface area contributed by atoms with Gasteiger partial charge in [-0.1, -0.05) is 11.6 Å². The third-order valence-electron chi connectivity index (χ3n) is 7.60. The van der Waals surface area contributed by atoms with Crippen LogP contribution in [-0.4, -0.2) is 69.4 Å². The number of carbonyl (C=O) groups excluding carboxylic acids is 3. The first-order valence-electron chi connectivity index (χ1n) is 11.9. The van der Waals surface area contributed by atoms with E-state index in [0.29, 0.717) is 31.6 Å². The van der Waals surface area contributed by atoms with Gasteiger partial charge in [-0.15, -0.1) is 0 Å². The molecule has 1 aliphatic carbocycles. The van der Waals surface area contributed by atoms with E-state index >= 15 is 0 Å². The van der Waals surface area contributed by atoms with Gasteiger partial charge in [0.05, 0.1) is 18.0 Å². The van der Waals surface area contributed by atoms with Crippen LogP contribution in [0, 0.1) is 11.8 Å². The molecule has 2 bridgehead atoms. The molecular formula is C24H31N5O3. The molecule has 0 aromatic carbocycles. The Morgan fingerprint density at radius 3 is 2.75 bits per heavy atom. The average molecular weight is 438 g/mol. The van der Waals surface area contributed by atoms with Gasteiger partial charge in [-0.25, -0.2) is 0 Å². The Bertz CT molecular complexity index is 917. The largest absolute Gasteiger partial charge is 0.351 e. The lowest BCUT2D eigenvalue weighted by molar-refractivity contribution is -0.159. The highest BCUT2D eigenvalue weighted by Crippen LogP contribution is 2.42. The summed E-state index contributed by atoms with van der Waals surface area (Å²) in [5.41, 5.74) is 1.80. The molecule has 4 heterocycles. The van der Waals surface area contributed by atoms with Gasteiger partial charge in [0.25, 0.3) is 5.91 Å². The maximum atomic E-state index is 13.4. The van der Waals surface area contributed by atoms with Crippen molar-refractivity contribution >= 4 is 17.7 Å². The molecule has 170 valence electrons. The summed E-state index contributed by atoms with van der Waals surface area (Å²) in [7, 11) is 0. The zero-order chi connectivity index (χ0) is 22.1. The van der Waals surface area contributed by atoms with E-state index in [1.165, 1.54) is 30.8 Å². The van der Waals surface area contributed by atoms with Crippen LogP contribution < -0.4 is 5.32 Å². The molecule has 0 unspecified atom stereocenters. The van der Waals surface area contributed by atoms with Gasteiger partial charge in [0.2, 0.25) is 11.8 Å². The van der Waals surface area contributed by atoms with Crippen molar-refractivity contribution in [1.29, 1.82) is 0 Å². The number of amides is 3. The number of hydrogen-bond acceptors (Lipinski definition) is 5. The van der Waals surface area contributed by atoms with Crippen molar-refractivity contribution in [3.63, 3.8) is 0 Å². The summed E-state index contributed by atoms with van der Waals surface area (Å²) in [5, 5.41) is 10.7. The highest BCUT2D eigenvalue weighted by molar-refractivity contribution is 5.94. The van der Waals surface area contributed by atoms with Crippen LogP contribution in [0.2, 0.25) is 0 Å². The summed E-state index contributed by atoms with van der Waals surface area (Å²) in [4.78, 5) is 43.3. The molecule has 32 heavy (non-hydrogen) atoms. The summed E-state index contributed by atoms with van der Waals surface area (Å²) in [6.45, 7) is 1.66. The second kappa shape index (κ2) is 9.00. The molecule has 5 rings (SSSR count). The molecule has 1 aromatic rings. The molecule has 4 atom stereocenters. The number of aromatic nitrogens is 2. The summed E-state index contributed by atoms with van der Waals surface area (Å²) < 4.78 is 0. The number of allylic oxidation sites excluding steroid dienone is 1. The number of fused-ring (bicyclic) bond motifs is 4. The van der Waals surface area contributed by atoms with Crippen LogP contribution in [0.1, 0.15) is 61.7 Å². The zero-order valence-corrected chi connectivity index (χ0v) is 18.4. The lowest BCUT2D eigenvalue weighted by Crippen LogP contribution is -2.68. The van der Waals surface area contributed by atoms with Crippen LogP contribution in [0.25, 0.3) is 0 Å². The van der Waals surface area contributed by atoms with Crippen LogP contribution in [0.15, 0.2) is 30.1 Å². The van der Waals surface area contributed by atoms with Crippen molar-refractivity contribution in [2.75, 3.05) is 19.6 Å². The minimum absolute atomic E-state index is 0.0308. The molecule has 3 fully saturated rings. The van der Waals surface area contributed by atoms with Gasteiger partial charge in [0.1, 0.15) is 6.04 Å². The fourth-order valence-corrected chi connectivity index (χ4v) is 6.13. The Kier molecular flexibility index (Phi) is 5.93. The second-order valence-electron chi connectivity index (χ2n) is 9.63. The zero-order valence-electron chi connectivity index (χ0n) is 18.4. The molecular weight excluding hydrogens is 406 g/mol. The van der Waals surface area contributed by atoms with Crippen LogP contribution in [0.3, 0.4) is 0 Å². The molecule has 0 radical (unpaired) electrons. The van der Waals surface area contributed by atoms with Crippen LogP contribution >= 0.6 is 0 Å². The third-order valence-corrected chi connectivity index (χ3v) is 7.60. The van der Waals surface area contributed by atoms with Gasteiger partial charge in [0, 0.05) is 38.0 Å². The minimum atomic E-state index is -0.501. The molecule has 1 aromatic heterocycles. The van der Waals surface area contributed by atoms with Crippen molar-refractivity contribution in [1.82, 2.24) is 25.3 Å². The van der Waals surface area contributed by atoms with E-state index in [4.69, 9.17) is 0 Å². The maximum Gasteiger partial charge on any atom is 0.255 e. The quantitative estimate of drug-likeness (QED) is 0.727. The summed E-state index contributed by atoms with van der Waals surface area (Å²) in [6.07, 6.45) is 12.9.